The van der Waals surface area contributed by atoms with Crippen molar-refractivity contribution in [1.82, 2.24) is 10.2 Å². The number of nitrogens with zero attached hydrogens (tertiary/aromatic N) is 1. The topological polar surface area (TPSA) is 15.3 Å². The highest BCUT2D eigenvalue weighted by atomic mass is 79.9. The van der Waals surface area contributed by atoms with Crippen LogP contribution >= 0.6 is 15.9 Å². The molecule has 0 amide bonds. The Morgan fingerprint density at radius 1 is 1.37 bits per heavy atom. The lowest BCUT2D eigenvalue weighted by Crippen LogP contribution is -2.52. The van der Waals surface area contributed by atoms with Crippen LogP contribution in [0, 0.1) is 5.92 Å². The molecule has 2 rings (SSSR count). The second-order valence-corrected chi connectivity index (χ2v) is 6.57. The van der Waals surface area contributed by atoms with Gasteiger partial charge in [-0.3, -0.25) is 4.90 Å². The van der Waals surface area contributed by atoms with E-state index in [-0.39, 0.29) is 0 Å². The highest BCUT2D eigenvalue weighted by Crippen LogP contribution is 2.25. The Hall–Kier alpha value is -0.380. The second kappa shape index (κ2) is 6.87. The number of likely N-dealkylation sites (tertiary alicyclic amines) is 1. The van der Waals surface area contributed by atoms with E-state index in [9.17, 15) is 0 Å². The summed E-state index contributed by atoms with van der Waals surface area (Å²) >= 11 is 3.56. The number of hydrogen-bond donors (Lipinski definition) is 1. The molecule has 1 aliphatic rings. The summed E-state index contributed by atoms with van der Waals surface area (Å²) in [5, 5.41) is 3.62. The molecule has 1 saturated heterocycles. The van der Waals surface area contributed by atoms with E-state index in [1.54, 1.807) is 0 Å². The zero-order valence-corrected chi connectivity index (χ0v) is 13.8. The third-order valence-corrected chi connectivity index (χ3v) is 4.93. The summed E-state index contributed by atoms with van der Waals surface area (Å²) in [7, 11) is 0. The Kier molecular flexibility index (Phi) is 5.43. The molecule has 19 heavy (non-hydrogen) atoms. The van der Waals surface area contributed by atoms with Crippen LogP contribution in [0.25, 0.3) is 0 Å². The van der Waals surface area contributed by atoms with Crippen molar-refractivity contribution in [2.24, 2.45) is 5.92 Å². The van der Waals surface area contributed by atoms with Crippen molar-refractivity contribution in [3.05, 3.63) is 34.3 Å². The van der Waals surface area contributed by atoms with Crippen LogP contribution in [0.1, 0.15) is 32.8 Å². The quantitative estimate of drug-likeness (QED) is 0.909. The van der Waals surface area contributed by atoms with E-state index >= 15 is 0 Å². The summed E-state index contributed by atoms with van der Waals surface area (Å²) in [6.07, 6.45) is 1.26. The third-order valence-electron chi connectivity index (χ3n) is 4.44. The predicted molar refractivity (Wildman–Crippen MR) is 85.3 cm³/mol. The summed E-state index contributed by atoms with van der Waals surface area (Å²) in [5.74, 6) is 0.709. The molecule has 1 aromatic carbocycles. The summed E-state index contributed by atoms with van der Waals surface area (Å²) < 4.78 is 1.17. The first-order chi connectivity index (χ1) is 9.11. The number of hydrogen-bond acceptors (Lipinski definition) is 2. The lowest BCUT2D eigenvalue weighted by atomic mass is 9.86. The molecule has 0 aromatic heterocycles. The van der Waals surface area contributed by atoms with Crippen LogP contribution in [0.2, 0.25) is 0 Å². The highest BCUT2D eigenvalue weighted by molar-refractivity contribution is 9.10. The molecule has 0 bridgehead atoms. The highest BCUT2D eigenvalue weighted by Gasteiger charge is 2.31. The van der Waals surface area contributed by atoms with E-state index in [0.29, 0.717) is 18.0 Å². The van der Waals surface area contributed by atoms with E-state index in [4.69, 9.17) is 0 Å². The van der Waals surface area contributed by atoms with Gasteiger partial charge < -0.3 is 5.32 Å². The fourth-order valence-corrected chi connectivity index (χ4v) is 3.53. The lowest BCUT2D eigenvalue weighted by Gasteiger charge is -2.43. The van der Waals surface area contributed by atoms with E-state index < -0.39 is 0 Å². The van der Waals surface area contributed by atoms with Gasteiger partial charge in [-0.2, -0.15) is 0 Å². The van der Waals surface area contributed by atoms with Gasteiger partial charge in [0.2, 0.25) is 0 Å². The SMILES string of the molecule is CCNC1CCN(Cc2cccc(Br)c2)C(C)C1C. The smallest absolute Gasteiger partial charge is 0.0237 e. The van der Waals surface area contributed by atoms with Crippen molar-refractivity contribution in [2.75, 3.05) is 13.1 Å². The summed E-state index contributed by atoms with van der Waals surface area (Å²) in [6.45, 7) is 10.3. The molecule has 3 atom stereocenters. The van der Waals surface area contributed by atoms with Crippen molar-refractivity contribution in [3.63, 3.8) is 0 Å². The molecule has 2 nitrogen and oxygen atoms in total. The molecule has 3 unspecified atom stereocenters. The molecule has 0 saturated carbocycles. The number of benzene rings is 1. The maximum absolute atomic E-state index is 3.62. The molecular weight excluding hydrogens is 300 g/mol. The van der Waals surface area contributed by atoms with Crippen LogP contribution in [0.15, 0.2) is 28.7 Å². The predicted octanol–water partition coefficient (Wildman–Crippen LogP) is 3.66. The third kappa shape index (κ3) is 3.80. The first-order valence-corrected chi connectivity index (χ1v) is 8.13. The maximum atomic E-state index is 3.62. The molecule has 1 heterocycles. The van der Waals surface area contributed by atoms with Gasteiger partial charge in [0.25, 0.3) is 0 Å². The normalized spacial score (nSPS) is 28.5. The Bertz CT molecular complexity index is 407. The number of halogens is 1. The van der Waals surface area contributed by atoms with Gasteiger partial charge in [0.05, 0.1) is 0 Å². The van der Waals surface area contributed by atoms with Crippen LogP contribution in [0.5, 0.6) is 0 Å². The monoisotopic (exact) mass is 324 g/mol. The van der Waals surface area contributed by atoms with Gasteiger partial charge in [-0.25, -0.2) is 0 Å². The molecule has 1 aromatic rings. The van der Waals surface area contributed by atoms with Gasteiger partial charge in [0, 0.05) is 29.6 Å². The fourth-order valence-electron chi connectivity index (χ4n) is 3.08. The summed E-state index contributed by atoms with van der Waals surface area (Å²) in [4.78, 5) is 2.61. The van der Waals surface area contributed by atoms with Crippen LogP contribution in [-0.4, -0.2) is 30.1 Å². The van der Waals surface area contributed by atoms with Crippen LogP contribution < -0.4 is 5.32 Å². The standard InChI is InChI=1S/C16H25BrN2/c1-4-18-16-8-9-19(13(3)12(16)2)11-14-6-5-7-15(17)10-14/h5-7,10,12-13,16,18H,4,8-9,11H2,1-3H3. The Labute approximate surface area is 125 Å². The van der Waals surface area contributed by atoms with E-state index in [0.717, 1.165) is 13.1 Å². The number of rotatable bonds is 4. The molecular formula is C16H25BrN2. The molecule has 3 heteroatoms. The summed E-state index contributed by atoms with van der Waals surface area (Å²) in [5.41, 5.74) is 1.40. The van der Waals surface area contributed by atoms with Crippen LogP contribution in [0.4, 0.5) is 0 Å². The molecule has 1 aliphatic heterocycles. The zero-order valence-electron chi connectivity index (χ0n) is 12.2. The first-order valence-electron chi connectivity index (χ1n) is 7.33. The van der Waals surface area contributed by atoms with Crippen LogP contribution in [-0.2, 0) is 6.54 Å². The minimum Gasteiger partial charge on any atom is -0.314 e. The fraction of sp³-hybridized carbons (Fsp3) is 0.625. The van der Waals surface area contributed by atoms with Gasteiger partial charge in [0.1, 0.15) is 0 Å². The Morgan fingerprint density at radius 2 is 2.16 bits per heavy atom. The Morgan fingerprint density at radius 3 is 2.84 bits per heavy atom. The maximum Gasteiger partial charge on any atom is 0.0237 e. The van der Waals surface area contributed by atoms with Crippen molar-refractivity contribution >= 4 is 15.9 Å². The van der Waals surface area contributed by atoms with E-state index in [2.05, 4.69) is 71.2 Å². The van der Waals surface area contributed by atoms with Gasteiger partial charge in [0.15, 0.2) is 0 Å². The number of nitrogens with one attached hydrogen (secondary N) is 1. The lowest BCUT2D eigenvalue weighted by molar-refractivity contribution is 0.0790. The first kappa shape index (κ1) is 15.0. The van der Waals surface area contributed by atoms with Gasteiger partial charge in [-0.15, -0.1) is 0 Å². The number of piperidine rings is 1. The largest absolute Gasteiger partial charge is 0.314 e. The molecule has 0 aliphatic carbocycles. The van der Waals surface area contributed by atoms with Gasteiger partial charge >= 0.3 is 0 Å². The summed E-state index contributed by atoms with van der Waals surface area (Å²) in [6, 6.07) is 9.98. The van der Waals surface area contributed by atoms with Crippen molar-refractivity contribution in [3.8, 4) is 0 Å². The minimum absolute atomic E-state index is 0.636. The molecule has 0 radical (unpaired) electrons. The molecule has 1 N–H and O–H groups in total. The van der Waals surface area contributed by atoms with Crippen molar-refractivity contribution < 1.29 is 0 Å². The average Bonchev–Trinajstić information content (AvgIpc) is 2.39. The van der Waals surface area contributed by atoms with Crippen molar-refractivity contribution in [2.45, 2.75) is 45.8 Å². The minimum atomic E-state index is 0.636. The van der Waals surface area contributed by atoms with Crippen molar-refractivity contribution in [1.29, 1.82) is 0 Å². The zero-order chi connectivity index (χ0) is 13.8. The van der Waals surface area contributed by atoms with E-state index in [1.165, 1.54) is 23.0 Å². The molecule has 1 fully saturated rings. The average molecular weight is 325 g/mol. The van der Waals surface area contributed by atoms with E-state index in [1.807, 2.05) is 0 Å². The Balaban J connectivity index is 1.99. The van der Waals surface area contributed by atoms with Crippen LogP contribution in [0.3, 0.4) is 0 Å². The molecule has 0 spiro atoms. The van der Waals surface area contributed by atoms with Gasteiger partial charge in [-0.1, -0.05) is 41.9 Å². The molecule has 106 valence electrons. The second-order valence-electron chi connectivity index (χ2n) is 5.65. The van der Waals surface area contributed by atoms with Gasteiger partial charge in [-0.05, 0) is 43.5 Å².